The lowest BCUT2D eigenvalue weighted by atomic mass is 10.1. The van der Waals surface area contributed by atoms with E-state index in [1.165, 1.54) is 28.9 Å². The summed E-state index contributed by atoms with van der Waals surface area (Å²) in [6, 6.07) is 28.3. The number of nitrogens with zero attached hydrogens (tertiary/aromatic N) is 3. The molecule has 2 amide bonds. The van der Waals surface area contributed by atoms with Crippen molar-refractivity contribution in [1.82, 2.24) is 19.4 Å². The van der Waals surface area contributed by atoms with Gasteiger partial charge in [-0.2, -0.15) is 0 Å². The number of anilines is 1. The Morgan fingerprint density at radius 3 is 2.13 bits per heavy atom. The van der Waals surface area contributed by atoms with Crippen molar-refractivity contribution < 1.29 is 23.1 Å². The highest BCUT2D eigenvalue weighted by Gasteiger charge is 2.25. The van der Waals surface area contributed by atoms with Gasteiger partial charge in [-0.25, -0.2) is 22.9 Å². The number of halogens is 2. The van der Waals surface area contributed by atoms with E-state index < -0.39 is 41.4 Å². The fourth-order valence-corrected chi connectivity index (χ4v) is 7.20. The lowest BCUT2D eigenvalue weighted by Gasteiger charge is -2.18. The number of urea groups is 1. The van der Waals surface area contributed by atoms with Gasteiger partial charge in [0.2, 0.25) is 0 Å². The lowest BCUT2D eigenvalue weighted by Crippen LogP contribution is -2.39. The summed E-state index contributed by atoms with van der Waals surface area (Å²) in [4.78, 5) is 55.2. The van der Waals surface area contributed by atoms with Gasteiger partial charge in [0.05, 0.1) is 24.2 Å². The zero-order valence-electron chi connectivity index (χ0n) is 28.4. The summed E-state index contributed by atoms with van der Waals surface area (Å²) >= 11 is 1.19. The van der Waals surface area contributed by atoms with Crippen LogP contribution in [0, 0.1) is 11.6 Å². The molecule has 0 bridgehead atoms. The number of benzene rings is 4. The summed E-state index contributed by atoms with van der Waals surface area (Å²) in [5.41, 5.74) is 1.61. The molecule has 0 fully saturated rings. The topological polar surface area (TPSA) is 115 Å². The van der Waals surface area contributed by atoms with Gasteiger partial charge < -0.3 is 15.4 Å². The molecule has 52 heavy (non-hydrogen) atoms. The first-order chi connectivity index (χ1) is 25.1. The number of fused-ring (bicyclic) bond motifs is 1. The normalized spacial score (nSPS) is 11.2. The lowest BCUT2D eigenvalue weighted by molar-refractivity contribution is -0.140. The standard InChI is InChI=1S/C39H35F2N5O5S/c1-25(47)51-21-20-42-38(49)43-28-18-16-27(17-19-28)35-31(23-44(2)22-26-10-5-3-6-11-26)34-36(48)46(29-12-7-4-8-13-29)39(50)45(37(34)52-35)24-30-32(40)14-9-15-33(30)41/h3-19H,20-24H2,1-2H3,(H2,42,43,49). The number of para-hydroxylation sites is 1. The molecule has 0 saturated carbocycles. The van der Waals surface area contributed by atoms with Gasteiger partial charge in [-0.15, -0.1) is 11.3 Å². The molecule has 0 saturated heterocycles. The van der Waals surface area contributed by atoms with E-state index in [9.17, 15) is 19.2 Å². The molecule has 4 aromatic carbocycles. The molecule has 0 atom stereocenters. The number of thiophene rings is 1. The van der Waals surface area contributed by atoms with Gasteiger partial charge in [-0.1, -0.05) is 66.7 Å². The monoisotopic (exact) mass is 723 g/mol. The average Bonchev–Trinajstić information content (AvgIpc) is 3.49. The quantitative estimate of drug-likeness (QED) is 0.110. The van der Waals surface area contributed by atoms with Gasteiger partial charge >= 0.3 is 17.7 Å². The van der Waals surface area contributed by atoms with Gasteiger partial charge in [-0.05, 0) is 60.1 Å². The molecule has 10 nitrogen and oxygen atoms in total. The van der Waals surface area contributed by atoms with E-state index in [0.29, 0.717) is 40.5 Å². The second-order valence-corrected chi connectivity index (χ2v) is 13.1. The minimum atomic E-state index is -0.810. The average molecular weight is 724 g/mol. The van der Waals surface area contributed by atoms with Crippen LogP contribution in [0.15, 0.2) is 113 Å². The SMILES string of the molecule is CC(=O)OCCNC(=O)Nc1ccc(-c2sc3c(c2CN(C)Cc2ccccc2)c(=O)n(-c2ccccc2)c(=O)n3Cc2c(F)cccc2F)cc1. The van der Waals surface area contributed by atoms with Gasteiger partial charge in [0.1, 0.15) is 23.1 Å². The minimum Gasteiger partial charge on any atom is -0.464 e. The maximum atomic E-state index is 15.1. The molecule has 6 rings (SSSR count). The molecule has 0 radical (unpaired) electrons. The highest BCUT2D eigenvalue weighted by Crippen LogP contribution is 2.38. The summed E-state index contributed by atoms with van der Waals surface area (Å²) in [6.07, 6.45) is 0. The zero-order valence-corrected chi connectivity index (χ0v) is 29.2. The molecule has 6 aromatic rings. The molecular weight excluding hydrogens is 689 g/mol. The second-order valence-electron chi connectivity index (χ2n) is 12.1. The molecular formula is C39H35F2N5O5S. The maximum absolute atomic E-state index is 15.1. The summed E-state index contributed by atoms with van der Waals surface area (Å²) in [5, 5.41) is 5.60. The largest absolute Gasteiger partial charge is 0.464 e. The van der Waals surface area contributed by atoms with Gasteiger partial charge in [0.25, 0.3) is 5.56 Å². The van der Waals surface area contributed by atoms with Crippen LogP contribution in [-0.4, -0.2) is 46.2 Å². The predicted molar refractivity (Wildman–Crippen MR) is 198 cm³/mol. The maximum Gasteiger partial charge on any atom is 0.337 e. The van der Waals surface area contributed by atoms with Gasteiger partial charge in [0, 0.05) is 36.1 Å². The van der Waals surface area contributed by atoms with Crippen LogP contribution in [0.4, 0.5) is 19.3 Å². The van der Waals surface area contributed by atoms with Gasteiger partial charge in [-0.3, -0.25) is 19.1 Å². The number of nitrogens with one attached hydrogen (secondary N) is 2. The van der Waals surface area contributed by atoms with E-state index >= 15 is 8.78 Å². The molecule has 0 aliphatic heterocycles. The van der Waals surface area contributed by atoms with Crippen molar-refractivity contribution in [2.75, 3.05) is 25.5 Å². The first-order valence-corrected chi connectivity index (χ1v) is 17.2. The number of carbonyl (C=O) groups excluding carboxylic acids is 2. The van der Waals surface area contributed by atoms with E-state index in [-0.39, 0.29) is 28.9 Å². The van der Waals surface area contributed by atoms with Crippen molar-refractivity contribution >= 4 is 39.2 Å². The van der Waals surface area contributed by atoms with E-state index in [1.54, 1.807) is 54.6 Å². The molecule has 0 aliphatic carbocycles. The number of hydrogen-bond donors (Lipinski definition) is 2. The number of amides is 2. The van der Waals surface area contributed by atoms with E-state index in [0.717, 1.165) is 22.3 Å². The van der Waals surface area contributed by atoms with Crippen LogP contribution in [-0.2, 0) is 29.2 Å². The van der Waals surface area contributed by atoms with Crippen molar-refractivity contribution in [3.8, 4) is 16.1 Å². The smallest absolute Gasteiger partial charge is 0.337 e. The molecule has 2 aromatic heterocycles. The number of hydrogen-bond acceptors (Lipinski definition) is 7. The third kappa shape index (κ3) is 8.01. The first-order valence-electron chi connectivity index (χ1n) is 16.4. The Balaban J connectivity index is 1.48. The summed E-state index contributed by atoms with van der Waals surface area (Å²) < 4.78 is 37.3. The third-order valence-electron chi connectivity index (χ3n) is 8.29. The fourth-order valence-electron chi connectivity index (χ4n) is 5.90. The molecule has 266 valence electrons. The Bertz CT molecular complexity index is 2320. The number of aromatic nitrogens is 2. The number of rotatable bonds is 12. The van der Waals surface area contributed by atoms with Crippen molar-refractivity contribution in [3.05, 3.63) is 152 Å². The Labute approximate surface area is 301 Å². The Morgan fingerprint density at radius 2 is 1.48 bits per heavy atom. The van der Waals surface area contributed by atoms with Crippen molar-refractivity contribution in [3.63, 3.8) is 0 Å². The summed E-state index contributed by atoms with van der Waals surface area (Å²) in [6.45, 7) is 1.85. The van der Waals surface area contributed by atoms with Crippen LogP contribution in [0.25, 0.3) is 26.3 Å². The van der Waals surface area contributed by atoms with E-state index in [2.05, 4.69) is 15.5 Å². The minimum absolute atomic E-state index is 0.0374. The highest BCUT2D eigenvalue weighted by molar-refractivity contribution is 7.22. The van der Waals surface area contributed by atoms with Crippen LogP contribution >= 0.6 is 11.3 Å². The van der Waals surface area contributed by atoms with Crippen LogP contribution in [0.2, 0.25) is 0 Å². The summed E-state index contributed by atoms with van der Waals surface area (Å²) in [5.74, 6) is -2.06. The Hall–Kier alpha value is -5.92. The molecule has 0 unspecified atom stereocenters. The van der Waals surface area contributed by atoms with Crippen LogP contribution in [0.1, 0.15) is 23.6 Å². The Morgan fingerprint density at radius 1 is 0.827 bits per heavy atom. The van der Waals surface area contributed by atoms with Crippen LogP contribution in [0.3, 0.4) is 0 Å². The first kappa shape index (κ1) is 35.9. The molecule has 2 heterocycles. The van der Waals surface area contributed by atoms with Crippen molar-refractivity contribution in [1.29, 1.82) is 0 Å². The number of ether oxygens (including phenoxy) is 1. The highest BCUT2D eigenvalue weighted by atomic mass is 32.1. The number of esters is 1. The summed E-state index contributed by atoms with van der Waals surface area (Å²) in [7, 11) is 1.92. The molecule has 13 heteroatoms. The van der Waals surface area contributed by atoms with E-state index in [1.807, 2.05) is 37.4 Å². The van der Waals surface area contributed by atoms with Crippen molar-refractivity contribution in [2.24, 2.45) is 0 Å². The number of carbonyl (C=O) groups is 2. The second kappa shape index (κ2) is 16.0. The molecule has 0 aliphatic rings. The fraction of sp³-hybridized carbons (Fsp3) is 0.179. The zero-order chi connectivity index (χ0) is 36.8. The van der Waals surface area contributed by atoms with Gasteiger partial charge in [0.15, 0.2) is 0 Å². The molecule has 2 N–H and O–H groups in total. The van der Waals surface area contributed by atoms with E-state index in [4.69, 9.17) is 4.74 Å². The van der Waals surface area contributed by atoms with Crippen LogP contribution in [0.5, 0.6) is 0 Å². The van der Waals surface area contributed by atoms with Crippen LogP contribution < -0.4 is 21.9 Å². The predicted octanol–water partition coefficient (Wildman–Crippen LogP) is 6.52. The van der Waals surface area contributed by atoms with Crippen molar-refractivity contribution in [2.45, 2.75) is 26.6 Å². The molecule has 0 spiro atoms. The third-order valence-corrected chi connectivity index (χ3v) is 9.59. The Kier molecular flexibility index (Phi) is 11.0.